The van der Waals surface area contributed by atoms with E-state index in [0.29, 0.717) is 55.4 Å². The van der Waals surface area contributed by atoms with E-state index in [-0.39, 0.29) is 11.8 Å². The van der Waals surface area contributed by atoms with E-state index in [9.17, 15) is 9.59 Å². The molecule has 2 aromatic rings. The van der Waals surface area contributed by atoms with E-state index < -0.39 is 0 Å². The molecule has 2 aromatic carbocycles. The number of piperazine rings is 1. The molecule has 0 spiro atoms. The minimum atomic E-state index is -0.120. The molecule has 0 saturated carbocycles. The van der Waals surface area contributed by atoms with Crippen LogP contribution in [-0.2, 0) is 11.2 Å². The summed E-state index contributed by atoms with van der Waals surface area (Å²) in [4.78, 5) is 29.1. The molecule has 2 amide bonds. The Morgan fingerprint density at radius 3 is 1.93 bits per heavy atom. The zero-order valence-corrected chi connectivity index (χ0v) is 17.7. The summed E-state index contributed by atoms with van der Waals surface area (Å²) in [5.41, 5.74) is 1.62. The molecule has 1 heterocycles. The minimum absolute atomic E-state index is 0.120. The number of nitrogens with zero attached hydrogens (tertiary/aromatic N) is 2. The highest BCUT2D eigenvalue weighted by atomic mass is 16.5. The van der Waals surface area contributed by atoms with Crippen LogP contribution in [0.2, 0.25) is 0 Å². The van der Waals surface area contributed by atoms with Gasteiger partial charge in [0.25, 0.3) is 5.91 Å². The molecule has 3 rings (SSSR count). The average Bonchev–Trinajstić information content (AvgIpc) is 2.81. The van der Waals surface area contributed by atoms with Crippen molar-refractivity contribution in [3.8, 4) is 17.2 Å². The van der Waals surface area contributed by atoms with Crippen LogP contribution in [0.3, 0.4) is 0 Å². The average molecular weight is 412 g/mol. The maximum Gasteiger partial charge on any atom is 0.254 e. The quantitative estimate of drug-likeness (QED) is 0.699. The van der Waals surface area contributed by atoms with Crippen LogP contribution in [0.25, 0.3) is 0 Å². The number of benzene rings is 2. The van der Waals surface area contributed by atoms with Crippen molar-refractivity contribution in [3.05, 3.63) is 53.6 Å². The van der Waals surface area contributed by atoms with E-state index in [0.717, 1.165) is 12.0 Å². The molecule has 0 atom stereocenters. The number of carbonyl (C=O) groups is 2. The second-order valence-corrected chi connectivity index (χ2v) is 7.07. The van der Waals surface area contributed by atoms with Gasteiger partial charge in [-0.3, -0.25) is 9.59 Å². The molecule has 1 aliphatic rings. The van der Waals surface area contributed by atoms with Crippen molar-refractivity contribution in [2.24, 2.45) is 0 Å². The summed E-state index contributed by atoms with van der Waals surface area (Å²) < 4.78 is 16.0. The zero-order valence-electron chi connectivity index (χ0n) is 17.7. The van der Waals surface area contributed by atoms with Crippen LogP contribution in [0.4, 0.5) is 0 Å². The predicted molar refractivity (Wildman–Crippen MR) is 113 cm³/mol. The normalized spacial score (nSPS) is 13.7. The van der Waals surface area contributed by atoms with Crippen molar-refractivity contribution >= 4 is 11.8 Å². The number of aryl methyl sites for hydroxylation is 1. The lowest BCUT2D eigenvalue weighted by Gasteiger charge is -2.35. The topological polar surface area (TPSA) is 68.3 Å². The van der Waals surface area contributed by atoms with Crippen LogP contribution in [0.15, 0.2) is 42.5 Å². The molecule has 30 heavy (non-hydrogen) atoms. The van der Waals surface area contributed by atoms with E-state index >= 15 is 0 Å². The molecule has 160 valence electrons. The Labute approximate surface area is 177 Å². The molecule has 0 radical (unpaired) electrons. The molecule has 0 bridgehead atoms. The Kier molecular flexibility index (Phi) is 7.17. The fourth-order valence-corrected chi connectivity index (χ4v) is 3.60. The molecule has 7 nitrogen and oxygen atoms in total. The maximum atomic E-state index is 13.0. The third-order valence-corrected chi connectivity index (χ3v) is 5.30. The summed E-state index contributed by atoms with van der Waals surface area (Å²) in [6.45, 7) is 2.05. The standard InChI is InChI=1S/C23H28N2O5/c1-28-19-15-18(16-20(29-2)22(19)30-3)23(27)25-13-11-24(12-14-25)21(26)10-9-17-7-5-4-6-8-17/h4-8,15-16H,9-14H2,1-3H3. The van der Waals surface area contributed by atoms with Gasteiger partial charge in [0.2, 0.25) is 11.7 Å². The van der Waals surface area contributed by atoms with Gasteiger partial charge in [0.1, 0.15) is 0 Å². The molecule has 0 aromatic heterocycles. The third-order valence-electron chi connectivity index (χ3n) is 5.30. The first-order valence-corrected chi connectivity index (χ1v) is 9.98. The van der Waals surface area contributed by atoms with Crippen LogP contribution in [-0.4, -0.2) is 69.1 Å². The maximum absolute atomic E-state index is 13.0. The number of hydrogen-bond acceptors (Lipinski definition) is 5. The highest BCUT2D eigenvalue weighted by Crippen LogP contribution is 2.38. The summed E-state index contributed by atoms with van der Waals surface area (Å²) in [6.07, 6.45) is 1.20. The van der Waals surface area contributed by atoms with E-state index in [4.69, 9.17) is 14.2 Å². The van der Waals surface area contributed by atoms with Gasteiger partial charge in [0, 0.05) is 38.2 Å². The van der Waals surface area contributed by atoms with Gasteiger partial charge in [0.15, 0.2) is 11.5 Å². The van der Waals surface area contributed by atoms with E-state index in [1.165, 1.54) is 21.3 Å². The van der Waals surface area contributed by atoms with E-state index in [2.05, 4.69) is 0 Å². The predicted octanol–water partition coefficient (Wildman–Crippen LogP) is 2.63. The Morgan fingerprint density at radius 1 is 0.833 bits per heavy atom. The fourth-order valence-electron chi connectivity index (χ4n) is 3.60. The molecule has 1 aliphatic heterocycles. The van der Waals surface area contributed by atoms with Crippen molar-refractivity contribution in [1.29, 1.82) is 0 Å². The summed E-state index contributed by atoms with van der Waals surface area (Å²) in [5.74, 6) is 1.33. The molecular formula is C23H28N2O5. The lowest BCUT2D eigenvalue weighted by atomic mass is 10.1. The van der Waals surface area contributed by atoms with Gasteiger partial charge in [-0.05, 0) is 24.1 Å². The van der Waals surface area contributed by atoms with Gasteiger partial charge in [-0.1, -0.05) is 30.3 Å². The second kappa shape index (κ2) is 10.0. The van der Waals surface area contributed by atoms with Crippen molar-refractivity contribution in [3.63, 3.8) is 0 Å². The van der Waals surface area contributed by atoms with Gasteiger partial charge < -0.3 is 24.0 Å². The van der Waals surface area contributed by atoms with Crippen LogP contribution in [0, 0.1) is 0 Å². The number of methoxy groups -OCH3 is 3. The van der Waals surface area contributed by atoms with Crippen molar-refractivity contribution in [1.82, 2.24) is 9.80 Å². The zero-order chi connectivity index (χ0) is 21.5. The van der Waals surface area contributed by atoms with Gasteiger partial charge in [0.05, 0.1) is 21.3 Å². The highest BCUT2D eigenvalue weighted by Gasteiger charge is 2.26. The third kappa shape index (κ3) is 4.84. The molecule has 0 aliphatic carbocycles. The van der Waals surface area contributed by atoms with Crippen LogP contribution in [0.5, 0.6) is 17.2 Å². The highest BCUT2D eigenvalue weighted by molar-refractivity contribution is 5.96. The smallest absolute Gasteiger partial charge is 0.254 e. The molecule has 1 fully saturated rings. The van der Waals surface area contributed by atoms with Crippen molar-refractivity contribution in [2.75, 3.05) is 47.5 Å². The van der Waals surface area contributed by atoms with Crippen LogP contribution < -0.4 is 14.2 Å². The Morgan fingerprint density at radius 2 is 1.40 bits per heavy atom. The SMILES string of the molecule is COc1cc(C(=O)N2CCN(C(=O)CCc3ccccc3)CC2)cc(OC)c1OC. The van der Waals surface area contributed by atoms with Crippen molar-refractivity contribution < 1.29 is 23.8 Å². The summed E-state index contributed by atoms with van der Waals surface area (Å²) in [6, 6.07) is 13.3. The van der Waals surface area contributed by atoms with Gasteiger partial charge >= 0.3 is 0 Å². The number of amides is 2. The van der Waals surface area contributed by atoms with Crippen LogP contribution in [0.1, 0.15) is 22.3 Å². The molecular weight excluding hydrogens is 384 g/mol. The number of hydrogen-bond donors (Lipinski definition) is 0. The van der Waals surface area contributed by atoms with Gasteiger partial charge in [-0.15, -0.1) is 0 Å². The Bertz CT molecular complexity index is 851. The molecule has 1 saturated heterocycles. The first-order chi connectivity index (χ1) is 14.6. The first-order valence-electron chi connectivity index (χ1n) is 9.98. The number of ether oxygens (including phenoxy) is 3. The van der Waals surface area contributed by atoms with Gasteiger partial charge in [-0.2, -0.15) is 0 Å². The number of carbonyl (C=O) groups excluding carboxylic acids is 2. The van der Waals surface area contributed by atoms with E-state index in [1.807, 2.05) is 35.2 Å². The summed E-state index contributed by atoms with van der Waals surface area (Å²) >= 11 is 0. The summed E-state index contributed by atoms with van der Waals surface area (Å²) in [5, 5.41) is 0. The monoisotopic (exact) mass is 412 g/mol. The Balaban J connectivity index is 1.59. The first kappa shape index (κ1) is 21.5. The summed E-state index contributed by atoms with van der Waals surface area (Å²) in [7, 11) is 4.56. The van der Waals surface area contributed by atoms with E-state index in [1.54, 1.807) is 17.0 Å². The van der Waals surface area contributed by atoms with Gasteiger partial charge in [-0.25, -0.2) is 0 Å². The molecule has 7 heteroatoms. The lowest BCUT2D eigenvalue weighted by Crippen LogP contribution is -2.50. The lowest BCUT2D eigenvalue weighted by molar-refractivity contribution is -0.132. The number of rotatable bonds is 7. The van der Waals surface area contributed by atoms with Crippen molar-refractivity contribution in [2.45, 2.75) is 12.8 Å². The fraction of sp³-hybridized carbons (Fsp3) is 0.391. The second-order valence-electron chi connectivity index (χ2n) is 7.07. The molecule has 0 N–H and O–H groups in total. The van der Waals surface area contributed by atoms with Crippen LogP contribution >= 0.6 is 0 Å². The largest absolute Gasteiger partial charge is 0.493 e. The molecule has 0 unspecified atom stereocenters. The Hall–Kier alpha value is -3.22. The minimum Gasteiger partial charge on any atom is -0.493 e.